The number of rotatable bonds is 5. The van der Waals surface area contributed by atoms with Crippen LogP contribution in [0.1, 0.15) is 10.4 Å². The normalized spacial score (nSPS) is 10.3. The highest BCUT2D eigenvalue weighted by atomic mass is 16.1. The van der Waals surface area contributed by atoms with Crippen molar-refractivity contribution in [3.05, 3.63) is 103 Å². The maximum absolute atomic E-state index is 12.3. The molecule has 0 atom stereocenters. The molecule has 0 fully saturated rings. The average Bonchev–Trinajstić information content (AvgIpc) is 2.77. The Hall–Kier alpha value is -4.06. The average molecular weight is 367 g/mol. The second-order valence-electron chi connectivity index (χ2n) is 5.96. The molecule has 4 rings (SSSR count). The third kappa shape index (κ3) is 3.86. The van der Waals surface area contributed by atoms with Gasteiger partial charge in [-0.1, -0.05) is 18.2 Å². The van der Waals surface area contributed by atoms with E-state index < -0.39 is 0 Å². The van der Waals surface area contributed by atoms with Gasteiger partial charge in [0.25, 0.3) is 5.91 Å². The number of nitrogens with one attached hydrogen (secondary N) is 1. The monoisotopic (exact) mass is 367 g/mol. The molecule has 2 aromatic carbocycles. The summed E-state index contributed by atoms with van der Waals surface area (Å²) in [6.07, 6.45) is 6.84. The van der Waals surface area contributed by atoms with Crippen molar-refractivity contribution < 1.29 is 4.79 Å². The highest BCUT2D eigenvalue weighted by molar-refractivity contribution is 6.04. The van der Waals surface area contributed by atoms with E-state index in [9.17, 15) is 4.79 Å². The van der Waals surface area contributed by atoms with E-state index in [1.807, 2.05) is 59.5 Å². The van der Waals surface area contributed by atoms with Gasteiger partial charge in [0.2, 0.25) is 5.95 Å². The van der Waals surface area contributed by atoms with E-state index in [4.69, 9.17) is 0 Å². The van der Waals surface area contributed by atoms with Crippen LogP contribution in [0.25, 0.3) is 0 Å². The van der Waals surface area contributed by atoms with Crippen LogP contribution in [0.4, 0.5) is 23.0 Å². The van der Waals surface area contributed by atoms with Crippen LogP contribution in [0.5, 0.6) is 0 Å². The zero-order valence-corrected chi connectivity index (χ0v) is 14.9. The molecule has 0 aliphatic heterocycles. The third-order valence-corrected chi connectivity index (χ3v) is 4.09. The standard InChI is InChI=1S/C22H17N5O/c28-21(17-5-2-1-3-6-17)26-18-7-9-19(10-8-18)27(20-11-15-23-16-12-20)22-24-13-4-14-25-22/h1-16H,(H,26,28). The first-order valence-electron chi connectivity index (χ1n) is 8.75. The molecule has 2 heterocycles. The predicted octanol–water partition coefficient (Wildman–Crippen LogP) is 4.59. The van der Waals surface area contributed by atoms with Crippen molar-refractivity contribution in [2.24, 2.45) is 0 Å². The Bertz CT molecular complexity index is 999. The zero-order chi connectivity index (χ0) is 19.2. The number of carbonyl (C=O) groups is 1. The SMILES string of the molecule is O=C(Nc1ccc(N(c2ccncc2)c2ncccn2)cc1)c1ccccc1. The molecule has 1 N–H and O–H groups in total. The van der Waals surface area contributed by atoms with Crippen LogP contribution in [0, 0.1) is 0 Å². The minimum absolute atomic E-state index is 0.147. The number of benzene rings is 2. The summed E-state index contributed by atoms with van der Waals surface area (Å²) in [6.45, 7) is 0. The van der Waals surface area contributed by atoms with Crippen LogP contribution in [-0.4, -0.2) is 20.9 Å². The van der Waals surface area contributed by atoms with Gasteiger partial charge in [-0.05, 0) is 54.6 Å². The van der Waals surface area contributed by atoms with Crippen LogP contribution in [-0.2, 0) is 0 Å². The van der Waals surface area contributed by atoms with E-state index >= 15 is 0 Å². The molecular weight excluding hydrogens is 350 g/mol. The highest BCUT2D eigenvalue weighted by Gasteiger charge is 2.14. The van der Waals surface area contributed by atoms with Crippen LogP contribution >= 0.6 is 0 Å². The van der Waals surface area contributed by atoms with Crippen molar-refractivity contribution in [2.75, 3.05) is 10.2 Å². The molecule has 0 bridgehead atoms. The minimum atomic E-state index is -0.147. The first kappa shape index (κ1) is 17.4. The fraction of sp³-hybridized carbons (Fsp3) is 0. The number of hydrogen-bond donors (Lipinski definition) is 1. The summed E-state index contributed by atoms with van der Waals surface area (Å²) >= 11 is 0. The topological polar surface area (TPSA) is 71.0 Å². The molecule has 4 aromatic rings. The van der Waals surface area contributed by atoms with E-state index in [0.29, 0.717) is 17.2 Å². The molecule has 28 heavy (non-hydrogen) atoms. The Balaban J connectivity index is 1.61. The maximum atomic E-state index is 12.3. The molecule has 0 spiro atoms. The highest BCUT2D eigenvalue weighted by Crippen LogP contribution is 2.31. The van der Waals surface area contributed by atoms with E-state index in [1.54, 1.807) is 43.0 Å². The lowest BCUT2D eigenvalue weighted by Crippen LogP contribution is -2.14. The van der Waals surface area contributed by atoms with Crippen molar-refractivity contribution in [3.8, 4) is 0 Å². The zero-order valence-electron chi connectivity index (χ0n) is 14.9. The molecule has 0 radical (unpaired) electrons. The van der Waals surface area contributed by atoms with Gasteiger partial charge in [0.05, 0.1) is 5.69 Å². The molecule has 0 unspecified atom stereocenters. The summed E-state index contributed by atoms with van der Waals surface area (Å²) in [5.74, 6) is 0.403. The Morgan fingerprint density at radius 2 is 1.36 bits per heavy atom. The van der Waals surface area contributed by atoms with Crippen LogP contribution in [0.15, 0.2) is 97.6 Å². The van der Waals surface area contributed by atoms with E-state index in [1.165, 1.54) is 0 Å². The van der Waals surface area contributed by atoms with Gasteiger partial charge in [-0.2, -0.15) is 0 Å². The Labute approximate surface area is 162 Å². The minimum Gasteiger partial charge on any atom is -0.322 e. The van der Waals surface area contributed by atoms with Crippen LogP contribution < -0.4 is 10.2 Å². The molecule has 0 aliphatic carbocycles. The Morgan fingerprint density at radius 3 is 2.04 bits per heavy atom. The summed E-state index contributed by atoms with van der Waals surface area (Å²) < 4.78 is 0. The largest absolute Gasteiger partial charge is 0.322 e. The second-order valence-corrected chi connectivity index (χ2v) is 5.96. The number of pyridine rings is 1. The Kier molecular flexibility index (Phi) is 5.02. The van der Waals surface area contributed by atoms with Crippen molar-refractivity contribution >= 4 is 28.9 Å². The first-order valence-corrected chi connectivity index (χ1v) is 8.75. The lowest BCUT2D eigenvalue weighted by Gasteiger charge is -2.22. The number of carbonyl (C=O) groups excluding carboxylic acids is 1. The fourth-order valence-electron chi connectivity index (χ4n) is 2.77. The van der Waals surface area contributed by atoms with E-state index in [-0.39, 0.29) is 5.91 Å². The fourth-order valence-corrected chi connectivity index (χ4v) is 2.77. The van der Waals surface area contributed by atoms with Gasteiger partial charge in [0.1, 0.15) is 0 Å². The molecule has 0 aliphatic rings. The molecule has 2 aromatic heterocycles. The van der Waals surface area contributed by atoms with Gasteiger partial charge in [-0.25, -0.2) is 9.97 Å². The van der Waals surface area contributed by atoms with Gasteiger partial charge in [0.15, 0.2) is 0 Å². The van der Waals surface area contributed by atoms with Crippen LogP contribution in [0.2, 0.25) is 0 Å². The summed E-state index contributed by atoms with van der Waals surface area (Å²) in [4.78, 5) is 27.1. The van der Waals surface area contributed by atoms with Crippen molar-refractivity contribution in [1.29, 1.82) is 0 Å². The molecule has 6 nitrogen and oxygen atoms in total. The molecule has 0 saturated carbocycles. The van der Waals surface area contributed by atoms with Gasteiger partial charge in [-0.15, -0.1) is 0 Å². The van der Waals surface area contributed by atoms with Gasteiger partial charge in [0, 0.05) is 41.7 Å². The molecule has 1 amide bonds. The number of amides is 1. The smallest absolute Gasteiger partial charge is 0.255 e. The first-order chi connectivity index (χ1) is 13.8. The van der Waals surface area contributed by atoms with Gasteiger partial charge < -0.3 is 5.32 Å². The second kappa shape index (κ2) is 8.09. The maximum Gasteiger partial charge on any atom is 0.255 e. The van der Waals surface area contributed by atoms with E-state index in [0.717, 1.165) is 11.4 Å². The molecular formula is C22H17N5O. The van der Waals surface area contributed by atoms with Crippen molar-refractivity contribution in [1.82, 2.24) is 15.0 Å². The predicted molar refractivity (Wildman–Crippen MR) is 109 cm³/mol. The summed E-state index contributed by atoms with van der Waals surface area (Å²) in [7, 11) is 0. The summed E-state index contributed by atoms with van der Waals surface area (Å²) in [5, 5.41) is 2.91. The number of anilines is 4. The van der Waals surface area contributed by atoms with Crippen molar-refractivity contribution in [2.45, 2.75) is 0 Å². The van der Waals surface area contributed by atoms with Gasteiger partial charge in [-0.3, -0.25) is 14.7 Å². The van der Waals surface area contributed by atoms with Gasteiger partial charge >= 0.3 is 0 Å². The van der Waals surface area contributed by atoms with E-state index in [2.05, 4.69) is 20.3 Å². The summed E-state index contributed by atoms with van der Waals surface area (Å²) in [6, 6.07) is 22.2. The third-order valence-electron chi connectivity index (χ3n) is 4.09. The summed E-state index contributed by atoms with van der Waals surface area (Å²) in [5.41, 5.74) is 3.08. The number of aromatic nitrogens is 3. The lowest BCUT2D eigenvalue weighted by molar-refractivity contribution is 0.102. The Morgan fingerprint density at radius 1 is 0.714 bits per heavy atom. The van der Waals surface area contributed by atoms with Crippen molar-refractivity contribution in [3.63, 3.8) is 0 Å². The number of nitrogens with zero attached hydrogens (tertiary/aromatic N) is 4. The quantitative estimate of drug-likeness (QED) is 0.558. The lowest BCUT2D eigenvalue weighted by atomic mass is 10.2. The molecule has 6 heteroatoms. The van der Waals surface area contributed by atoms with Crippen LogP contribution in [0.3, 0.4) is 0 Å². The molecule has 0 saturated heterocycles. The molecule has 136 valence electrons. The number of hydrogen-bond acceptors (Lipinski definition) is 5.